The maximum absolute atomic E-state index is 13.4. The van der Waals surface area contributed by atoms with E-state index in [-0.39, 0.29) is 24.0 Å². The molecule has 1 aliphatic carbocycles. The smallest absolute Gasteiger partial charge is 0.397 e. The second-order valence-corrected chi connectivity index (χ2v) is 8.71. The molecule has 0 heterocycles. The highest BCUT2D eigenvalue weighted by Crippen LogP contribution is 2.39. The van der Waals surface area contributed by atoms with Crippen LogP contribution in [0.15, 0.2) is 41.0 Å². The second kappa shape index (κ2) is 9.24. The van der Waals surface area contributed by atoms with Gasteiger partial charge in [-0.1, -0.05) is 27.7 Å². The van der Waals surface area contributed by atoms with Gasteiger partial charge in [-0.2, -0.15) is 8.78 Å². The van der Waals surface area contributed by atoms with E-state index in [1.165, 1.54) is 19.1 Å². The highest BCUT2D eigenvalue weighted by molar-refractivity contribution is 5.98. The summed E-state index contributed by atoms with van der Waals surface area (Å²) in [7, 11) is 0. The van der Waals surface area contributed by atoms with Gasteiger partial charge in [-0.15, -0.1) is 0 Å². The minimum Gasteiger partial charge on any atom is -0.433 e. The lowest BCUT2D eigenvalue weighted by atomic mass is 9.87. The number of hydrogen-bond acceptors (Lipinski definition) is 4. The summed E-state index contributed by atoms with van der Waals surface area (Å²) < 4.78 is 31.4. The molecule has 0 amide bonds. The van der Waals surface area contributed by atoms with Crippen molar-refractivity contribution in [1.82, 2.24) is 0 Å². The number of aliphatic imine (C=N–C) groups is 1. The monoisotopic (exact) mass is 408 g/mol. The van der Waals surface area contributed by atoms with Crippen LogP contribution in [0.3, 0.4) is 0 Å². The van der Waals surface area contributed by atoms with Crippen LogP contribution in [0.4, 0.5) is 14.5 Å². The summed E-state index contributed by atoms with van der Waals surface area (Å²) >= 11 is 0. The third-order valence-electron chi connectivity index (χ3n) is 5.67. The van der Waals surface area contributed by atoms with Gasteiger partial charge < -0.3 is 15.6 Å². The Morgan fingerprint density at radius 1 is 1.34 bits per heavy atom. The van der Waals surface area contributed by atoms with Gasteiger partial charge in [0.25, 0.3) is 0 Å². The second-order valence-electron chi connectivity index (χ2n) is 8.71. The van der Waals surface area contributed by atoms with Crippen LogP contribution in [0.1, 0.15) is 60.3 Å². The lowest BCUT2D eigenvalue weighted by Crippen LogP contribution is -2.23. The fraction of sp³-hybridized carbons (Fsp3) is 0.609. The van der Waals surface area contributed by atoms with E-state index in [9.17, 15) is 13.9 Å². The maximum atomic E-state index is 13.4. The van der Waals surface area contributed by atoms with E-state index in [1.807, 2.05) is 26.8 Å². The first kappa shape index (κ1) is 23.3. The predicted molar refractivity (Wildman–Crippen MR) is 114 cm³/mol. The molecule has 0 aliphatic heterocycles. The minimum absolute atomic E-state index is 0.110. The molecule has 0 radical (unpaired) electrons. The van der Waals surface area contributed by atoms with E-state index in [4.69, 9.17) is 10.5 Å². The number of allylic oxidation sites excluding steroid dienone is 2. The molecule has 3 N–H and O–H groups in total. The molecule has 162 valence electrons. The van der Waals surface area contributed by atoms with Gasteiger partial charge in [0.15, 0.2) is 0 Å². The van der Waals surface area contributed by atoms with E-state index >= 15 is 0 Å². The van der Waals surface area contributed by atoms with Gasteiger partial charge in [0.1, 0.15) is 5.75 Å². The summed E-state index contributed by atoms with van der Waals surface area (Å²) in [6.07, 6.45) is 0.862. The van der Waals surface area contributed by atoms with Crippen molar-refractivity contribution in [2.24, 2.45) is 28.5 Å². The fourth-order valence-corrected chi connectivity index (χ4v) is 3.58. The standard InChI is InChI=1S/C23H34F2N2O2/c1-6-23(24,25)29-19-9-7-18(8-10-19)27-21(15(2)3)13-20(26)16(4)17-11-12-22(5,28)14-17/h7-10,13,15-17,28H,6,11-12,14,26H2,1-5H3/b20-13-,27-21?. The number of benzene rings is 1. The van der Waals surface area contributed by atoms with E-state index in [2.05, 4.69) is 11.9 Å². The van der Waals surface area contributed by atoms with E-state index in [0.717, 1.165) is 30.7 Å². The lowest BCUT2D eigenvalue weighted by molar-refractivity contribution is -0.177. The zero-order valence-electron chi connectivity index (χ0n) is 18.1. The summed E-state index contributed by atoms with van der Waals surface area (Å²) in [5.74, 6) is 0.762. The minimum atomic E-state index is -3.17. The van der Waals surface area contributed by atoms with Crippen molar-refractivity contribution in [3.05, 3.63) is 36.0 Å². The van der Waals surface area contributed by atoms with Crippen LogP contribution in [-0.4, -0.2) is 22.5 Å². The number of halogens is 2. The average Bonchev–Trinajstić information content (AvgIpc) is 3.01. The van der Waals surface area contributed by atoms with Crippen LogP contribution in [0.2, 0.25) is 0 Å². The SMILES string of the molecule is CCC(F)(F)Oc1ccc(N=C(/C=C(\N)C(C)C2CCC(C)(O)C2)C(C)C)cc1. The molecule has 0 saturated heterocycles. The highest BCUT2D eigenvalue weighted by atomic mass is 19.3. The average molecular weight is 409 g/mol. The molecule has 1 fully saturated rings. The summed E-state index contributed by atoms with van der Waals surface area (Å²) in [4.78, 5) is 4.66. The predicted octanol–water partition coefficient (Wildman–Crippen LogP) is 5.83. The number of ether oxygens (including phenoxy) is 1. The van der Waals surface area contributed by atoms with E-state index < -0.39 is 11.7 Å². The quantitative estimate of drug-likeness (QED) is 0.532. The normalized spacial score (nSPS) is 24.8. The fourth-order valence-electron chi connectivity index (χ4n) is 3.58. The van der Waals surface area contributed by atoms with Crippen molar-refractivity contribution < 1.29 is 18.6 Å². The van der Waals surface area contributed by atoms with Crippen molar-refractivity contribution >= 4 is 11.4 Å². The van der Waals surface area contributed by atoms with Gasteiger partial charge in [-0.05, 0) is 74.3 Å². The Labute approximate surface area is 172 Å². The summed E-state index contributed by atoms with van der Waals surface area (Å²) in [6.45, 7) is 9.41. The van der Waals surface area contributed by atoms with Crippen molar-refractivity contribution in [3.8, 4) is 5.75 Å². The van der Waals surface area contributed by atoms with Crippen LogP contribution in [-0.2, 0) is 0 Å². The topological polar surface area (TPSA) is 67.8 Å². The Morgan fingerprint density at radius 3 is 2.45 bits per heavy atom. The van der Waals surface area contributed by atoms with E-state index in [0.29, 0.717) is 11.6 Å². The number of aliphatic hydroxyl groups is 1. The summed E-state index contributed by atoms with van der Waals surface area (Å²) in [5.41, 5.74) is 8.01. The van der Waals surface area contributed by atoms with Crippen LogP contribution in [0.25, 0.3) is 0 Å². The van der Waals surface area contributed by atoms with Crippen LogP contribution < -0.4 is 10.5 Å². The molecule has 1 aromatic carbocycles. The zero-order chi connectivity index (χ0) is 21.8. The number of nitrogens with zero attached hydrogens (tertiary/aromatic N) is 1. The van der Waals surface area contributed by atoms with Crippen molar-refractivity contribution in [2.45, 2.75) is 72.0 Å². The molecular weight excluding hydrogens is 374 g/mol. The van der Waals surface area contributed by atoms with Gasteiger partial charge in [0.2, 0.25) is 0 Å². The largest absolute Gasteiger partial charge is 0.433 e. The molecule has 1 aromatic rings. The van der Waals surface area contributed by atoms with Gasteiger partial charge in [0, 0.05) is 17.8 Å². The molecule has 29 heavy (non-hydrogen) atoms. The number of rotatable bonds is 8. The molecule has 0 spiro atoms. The van der Waals surface area contributed by atoms with Gasteiger partial charge >= 0.3 is 6.11 Å². The lowest BCUT2D eigenvalue weighted by Gasteiger charge is -2.22. The Hall–Kier alpha value is -1.95. The first-order chi connectivity index (χ1) is 13.4. The molecule has 4 nitrogen and oxygen atoms in total. The summed E-state index contributed by atoms with van der Waals surface area (Å²) in [6, 6.07) is 6.31. The van der Waals surface area contributed by atoms with Gasteiger partial charge in [-0.25, -0.2) is 0 Å². The first-order valence-corrected chi connectivity index (χ1v) is 10.4. The highest BCUT2D eigenvalue weighted by Gasteiger charge is 2.36. The molecule has 3 atom stereocenters. The van der Waals surface area contributed by atoms with Crippen molar-refractivity contribution in [1.29, 1.82) is 0 Å². The van der Waals surface area contributed by atoms with E-state index in [1.54, 1.807) is 12.1 Å². The van der Waals surface area contributed by atoms with Gasteiger partial charge in [-0.3, -0.25) is 4.99 Å². The molecular formula is C23H34F2N2O2. The molecule has 1 aliphatic rings. The van der Waals surface area contributed by atoms with Gasteiger partial charge in [0.05, 0.1) is 11.3 Å². The number of hydrogen-bond donors (Lipinski definition) is 2. The Bertz CT molecular complexity index is 740. The van der Waals surface area contributed by atoms with Crippen LogP contribution in [0, 0.1) is 17.8 Å². The van der Waals surface area contributed by atoms with Crippen molar-refractivity contribution in [2.75, 3.05) is 0 Å². The Morgan fingerprint density at radius 2 is 1.97 bits per heavy atom. The van der Waals surface area contributed by atoms with Crippen LogP contribution >= 0.6 is 0 Å². The molecule has 6 heteroatoms. The van der Waals surface area contributed by atoms with Crippen LogP contribution in [0.5, 0.6) is 5.75 Å². The number of nitrogens with two attached hydrogens (primary N) is 1. The maximum Gasteiger partial charge on any atom is 0.397 e. The molecule has 3 unspecified atom stereocenters. The molecule has 0 aromatic heterocycles. The number of alkyl halides is 2. The molecule has 1 saturated carbocycles. The third-order valence-corrected chi connectivity index (χ3v) is 5.67. The zero-order valence-corrected chi connectivity index (χ0v) is 18.1. The summed E-state index contributed by atoms with van der Waals surface area (Å²) in [5, 5.41) is 10.2. The third kappa shape index (κ3) is 6.81. The Kier molecular flexibility index (Phi) is 7.44. The van der Waals surface area contributed by atoms with Crippen molar-refractivity contribution in [3.63, 3.8) is 0 Å². The molecule has 0 bridgehead atoms. The molecule has 2 rings (SSSR count). The Balaban J connectivity index is 2.16. The first-order valence-electron chi connectivity index (χ1n) is 10.4.